The zero-order chi connectivity index (χ0) is 18.2. The molecule has 0 aliphatic carbocycles. The third-order valence-corrected chi connectivity index (χ3v) is 5.43. The molecule has 0 amide bonds. The van der Waals surface area contributed by atoms with Crippen molar-refractivity contribution in [2.24, 2.45) is 4.99 Å². The highest BCUT2D eigenvalue weighted by Gasteiger charge is 2.08. The van der Waals surface area contributed by atoms with E-state index in [1.165, 1.54) is 6.07 Å². The minimum Gasteiger partial charge on any atom is -0.352 e. The molecule has 0 fully saturated rings. The van der Waals surface area contributed by atoms with Crippen molar-refractivity contribution in [2.45, 2.75) is 38.6 Å². The number of aliphatic imine (C=N–C) groups is 1. The number of hydrogen-bond acceptors (Lipinski definition) is 4. The Morgan fingerprint density at radius 3 is 2.68 bits per heavy atom. The Kier molecular flexibility index (Phi) is 7.71. The molecule has 1 aromatic heterocycles. The van der Waals surface area contributed by atoms with Gasteiger partial charge in [0.25, 0.3) is 0 Å². The molecule has 2 rings (SSSR count). The van der Waals surface area contributed by atoms with Gasteiger partial charge in [-0.3, -0.25) is 4.99 Å². The average Bonchev–Trinajstić information content (AvgIpc) is 3.06. The van der Waals surface area contributed by atoms with Crippen LogP contribution in [0, 0.1) is 5.82 Å². The predicted octanol–water partition coefficient (Wildman–Crippen LogP) is 4.13. The van der Waals surface area contributed by atoms with E-state index in [4.69, 9.17) is 0 Å². The van der Waals surface area contributed by atoms with Crippen molar-refractivity contribution >= 4 is 29.1 Å². The lowest BCUT2D eigenvalue weighted by Crippen LogP contribution is -2.36. The number of aromatic nitrogens is 1. The topological polar surface area (TPSA) is 49.3 Å². The van der Waals surface area contributed by atoms with Crippen LogP contribution in [-0.4, -0.2) is 24.2 Å². The minimum absolute atomic E-state index is 0.195. The predicted molar refractivity (Wildman–Crippen MR) is 107 cm³/mol. The fourth-order valence-corrected chi connectivity index (χ4v) is 3.71. The Morgan fingerprint density at radius 2 is 2.04 bits per heavy atom. The van der Waals surface area contributed by atoms with Gasteiger partial charge >= 0.3 is 0 Å². The molecule has 0 bridgehead atoms. The van der Waals surface area contributed by atoms with Gasteiger partial charge in [0, 0.05) is 30.6 Å². The third-order valence-electron chi connectivity index (χ3n) is 3.64. The molecule has 0 saturated heterocycles. The second-order valence-corrected chi connectivity index (χ2v) is 7.71. The Labute approximate surface area is 157 Å². The second kappa shape index (κ2) is 9.77. The van der Waals surface area contributed by atoms with Crippen LogP contribution in [0.4, 0.5) is 4.39 Å². The number of thiazole rings is 1. The fraction of sp³-hybridized carbons (Fsp3) is 0.444. The van der Waals surface area contributed by atoms with Gasteiger partial charge in [-0.15, -0.1) is 11.3 Å². The molecule has 0 saturated carbocycles. The van der Waals surface area contributed by atoms with E-state index in [9.17, 15) is 4.39 Å². The summed E-state index contributed by atoms with van der Waals surface area (Å²) >= 11 is 3.37. The van der Waals surface area contributed by atoms with Crippen LogP contribution in [-0.2, 0) is 18.8 Å². The van der Waals surface area contributed by atoms with Crippen molar-refractivity contribution in [3.05, 3.63) is 51.2 Å². The van der Waals surface area contributed by atoms with E-state index in [0.717, 1.165) is 27.6 Å². The van der Waals surface area contributed by atoms with Gasteiger partial charge in [-0.2, -0.15) is 11.8 Å². The smallest absolute Gasteiger partial charge is 0.191 e. The second-order valence-electron chi connectivity index (χ2n) is 5.96. The van der Waals surface area contributed by atoms with Crippen molar-refractivity contribution in [1.29, 1.82) is 0 Å². The first-order valence-corrected chi connectivity index (χ1v) is 10.5. The average molecular weight is 381 g/mol. The number of hydrogen-bond donors (Lipinski definition) is 2. The molecule has 0 radical (unpaired) electrons. The molecule has 7 heteroatoms. The first kappa shape index (κ1) is 19.7. The zero-order valence-corrected chi connectivity index (χ0v) is 16.7. The number of halogens is 1. The van der Waals surface area contributed by atoms with Gasteiger partial charge in [0.1, 0.15) is 5.82 Å². The molecule has 2 aromatic rings. The first-order chi connectivity index (χ1) is 12.0. The Bertz CT molecular complexity index is 713. The zero-order valence-electron chi connectivity index (χ0n) is 15.1. The maximum atomic E-state index is 13.4. The summed E-state index contributed by atoms with van der Waals surface area (Å²) in [6.07, 6.45) is 2.02. The number of guanidine groups is 1. The molecule has 0 spiro atoms. The SMILES string of the molecule is CN=C(NCc1csc(C(C)C)n1)NCc1ccc(F)cc1CSC. The molecule has 0 aliphatic heterocycles. The number of rotatable bonds is 7. The number of benzene rings is 1. The molecule has 25 heavy (non-hydrogen) atoms. The van der Waals surface area contributed by atoms with E-state index in [2.05, 4.69) is 39.8 Å². The normalized spacial score (nSPS) is 11.8. The standard InChI is InChI=1S/C18H25FN4S2/c1-12(2)17-23-16(11-25-17)9-22-18(20-3)21-8-13-5-6-15(19)7-14(13)10-24-4/h5-7,11-12H,8-10H2,1-4H3,(H2,20,21,22). The van der Waals surface area contributed by atoms with Crippen LogP contribution in [0.1, 0.15) is 41.6 Å². The number of nitrogens with one attached hydrogen (secondary N) is 2. The lowest BCUT2D eigenvalue weighted by molar-refractivity contribution is 0.625. The maximum absolute atomic E-state index is 13.4. The summed E-state index contributed by atoms with van der Waals surface area (Å²) in [5.41, 5.74) is 3.10. The molecule has 4 nitrogen and oxygen atoms in total. The first-order valence-electron chi connectivity index (χ1n) is 8.18. The molecule has 0 aliphatic rings. The molecule has 0 unspecified atom stereocenters. The largest absolute Gasteiger partial charge is 0.352 e. The summed E-state index contributed by atoms with van der Waals surface area (Å²) in [5, 5.41) is 9.78. The van der Waals surface area contributed by atoms with E-state index < -0.39 is 0 Å². The summed E-state index contributed by atoms with van der Waals surface area (Å²) in [4.78, 5) is 8.86. The molecule has 2 N–H and O–H groups in total. The molecular formula is C18H25FN4S2. The van der Waals surface area contributed by atoms with Gasteiger partial charge in [-0.05, 0) is 29.5 Å². The molecule has 1 aromatic carbocycles. The molecule has 136 valence electrons. The summed E-state index contributed by atoms with van der Waals surface area (Å²) in [7, 11) is 1.74. The number of nitrogens with zero attached hydrogens (tertiary/aromatic N) is 2. The van der Waals surface area contributed by atoms with Gasteiger partial charge in [0.15, 0.2) is 5.96 Å². The van der Waals surface area contributed by atoms with E-state index >= 15 is 0 Å². The van der Waals surface area contributed by atoms with Crippen molar-refractivity contribution in [1.82, 2.24) is 15.6 Å². The van der Waals surface area contributed by atoms with Crippen LogP contribution in [0.5, 0.6) is 0 Å². The summed E-state index contributed by atoms with van der Waals surface area (Å²) in [6.45, 7) is 5.52. The van der Waals surface area contributed by atoms with Gasteiger partial charge in [0.2, 0.25) is 0 Å². The Morgan fingerprint density at radius 1 is 1.28 bits per heavy atom. The van der Waals surface area contributed by atoms with Crippen molar-refractivity contribution in [3.8, 4) is 0 Å². The van der Waals surface area contributed by atoms with Crippen molar-refractivity contribution in [3.63, 3.8) is 0 Å². The van der Waals surface area contributed by atoms with Gasteiger partial charge in [-0.25, -0.2) is 9.37 Å². The van der Waals surface area contributed by atoms with E-state index in [-0.39, 0.29) is 5.82 Å². The van der Waals surface area contributed by atoms with Crippen LogP contribution >= 0.6 is 23.1 Å². The van der Waals surface area contributed by atoms with E-state index in [1.54, 1.807) is 36.2 Å². The monoisotopic (exact) mass is 380 g/mol. The van der Waals surface area contributed by atoms with Crippen LogP contribution in [0.25, 0.3) is 0 Å². The van der Waals surface area contributed by atoms with E-state index in [0.29, 0.717) is 25.0 Å². The van der Waals surface area contributed by atoms with Crippen LogP contribution in [0.2, 0.25) is 0 Å². The summed E-state index contributed by atoms with van der Waals surface area (Å²) in [6, 6.07) is 4.93. The lowest BCUT2D eigenvalue weighted by Gasteiger charge is -2.13. The maximum Gasteiger partial charge on any atom is 0.191 e. The summed E-state index contributed by atoms with van der Waals surface area (Å²) < 4.78 is 13.4. The van der Waals surface area contributed by atoms with E-state index in [1.807, 2.05) is 12.3 Å². The van der Waals surface area contributed by atoms with Crippen LogP contribution < -0.4 is 10.6 Å². The van der Waals surface area contributed by atoms with Gasteiger partial charge < -0.3 is 10.6 Å². The fourth-order valence-electron chi connectivity index (χ4n) is 2.30. The van der Waals surface area contributed by atoms with Crippen LogP contribution in [0.15, 0.2) is 28.6 Å². The Hall–Kier alpha value is -1.60. The van der Waals surface area contributed by atoms with Crippen molar-refractivity contribution < 1.29 is 4.39 Å². The molecule has 1 heterocycles. The highest BCUT2D eigenvalue weighted by Crippen LogP contribution is 2.19. The van der Waals surface area contributed by atoms with Crippen LogP contribution in [0.3, 0.4) is 0 Å². The Balaban J connectivity index is 1.92. The quantitative estimate of drug-likeness (QED) is 0.560. The van der Waals surface area contributed by atoms with Gasteiger partial charge in [0.05, 0.1) is 17.2 Å². The molecular weight excluding hydrogens is 355 g/mol. The highest BCUT2D eigenvalue weighted by atomic mass is 32.2. The lowest BCUT2D eigenvalue weighted by atomic mass is 10.1. The minimum atomic E-state index is -0.195. The highest BCUT2D eigenvalue weighted by molar-refractivity contribution is 7.97. The number of thioether (sulfide) groups is 1. The summed E-state index contributed by atoms with van der Waals surface area (Å²) in [5.74, 6) is 1.75. The molecule has 0 atom stereocenters. The third kappa shape index (κ3) is 6.01. The van der Waals surface area contributed by atoms with Gasteiger partial charge in [-0.1, -0.05) is 19.9 Å². The van der Waals surface area contributed by atoms with Crippen molar-refractivity contribution in [2.75, 3.05) is 13.3 Å².